The Hall–Kier alpha value is -2.14. The molecule has 0 radical (unpaired) electrons. The maximum Gasteiger partial charge on any atom is 0.160 e. The van der Waals surface area contributed by atoms with Crippen molar-refractivity contribution in [1.29, 1.82) is 0 Å². The smallest absolute Gasteiger partial charge is 0.160 e. The molecule has 2 rings (SSSR count). The van der Waals surface area contributed by atoms with Crippen LogP contribution in [0.1, 0.15) is 30.5 Å². The molecule has 0 nitrogen and oxygen atoms in total. The zero-order chi connectivity index (χ0) is 14.5. The molecule has 0 N–H and O–H groups in total. The molecule has 0 atom stereocenters. The van der Waals surface area contributed by atoms with Gasteiger partial charge in [0.25, 0.3) is 0 Å². The van der Waals surface area contributed by atoms with Crippen LogP contribution in [0.4, 0.5) is 8.78 Å². The molecule has 0 amide bonds. The first-order valence-electron chi connectivity index (χ1n) is 6.60. The van der Waals surface area contributed by atoms with Gasteiger partial charge in [-0.1, -0.05) is 37.8 Å². The molecule has 0 fully saturated rings. The van der Waals surface area contributed by atoms with E-state index in [0.29, 0.717) is 11.5 Å². The Morgan fingerprint density at radius 3 is 2.05 bits per heavy atom. The van der Waals surface area contributed by atoms with Gasteiger partial charge in [-0.05, 0) is 48.2 Å². The van der Waals surface area contributed by atoms with Crippen molar-refractivity contribution in [2.75, 3.05) is 0 Å². The minimum Gasteiger partial charge on any atom is -0.204 e. The maximum atomic E-state index is 13.0. The molecular formula is C18H16F2. The molecule has 0 unspecified atom stereocenters. The number of hydrogen-bond acceptors (Lipinski definition) is 0. The third kappa shape index (κ3) is 3.93. The summed E-state index contributed by atoms with van der Waals surface area (Å²) in [6, 6.07) is 11.7. The standard InChI is InChI=1S/C18H16F2/c1-13(2)11-15-6-3-14(4-7-15)5-8-16-9-10-17(19)18(20)12-16/h3-4,6-7,9-10,12-13H,11H2,1-2H3. The van der Waals surface area contributed by atoms with Crippen molar-refractivity contribution >= 4 is 0 Å². The minimum absolute atomic E-state index is 0.468. The fourth-order valence-electron chi connectivity index (χ4n) is 1.91. The van der Waals surface area contributed by atoms with E-state index in [1.807, 2.05) is 12.1 Å². The van der Waals surface area contributed by atoms with E-state index in [1.165, 1.54) is 11.6 Å². The van der Waals surface area contributed by atoms with Gasteiger partial charge in [-0.3, -0.25) is 0 Å². The molecule has 0 aliphatic heterocycles. The summed E-state index contributed by atoms with van der Waals surface area (Å²) in [5.74, 6) is 4.68. The molecule has 0 aliphatic rings. The molecule has 0 saturated heterocycles. The van der Waals surface area contributed by atoms with Gasteiger partial charge in [-0.25, -0.2) is 8.78 Å². The van der Waals surface area contributed by atoms with Gasteiger partial charge in [0, 0.05) is 11.1 Å². The predicted octanol–water partition coefficient (Wildman–Crippen LogP) is 4.56. The van der Waals surface area contributed by atoms with Crippen molar-refractivity contribution in [3.05, 3.63) is 70.8 Å². The van der Waals surface area contributed by atoms with Crippen molar-refractivity contribution in [2.24, 2.45) is 5.92 Å². The van der Waals surface area contributed by atoms with Crippen molar-refractivity contribution in [1.82, 2.24) is 0 Å². The molecular weight excluding hydrogens is 254 g/mol. The van der Waals surface area contributed by atoms with Crippen LogP contribution in [0.25, 0.3) is 0 Å². The molecule has 0 spiro atoms. The fraction of sp³-hybridized carbons (Fsp3) is 0.222. The molecule has 2 aromatic rings. The van der Waals surface area contributed by atoms with Crippen LogP contribution in [0.2, 0.25) is 0 Å². The summed E-state index contributed by atoms with van der Waals surface area (Å²) < 4.78 is 25.8. The quantitative estimate of drug-likeness (QED) is 0.702. The van der Waals surface area contributed by atoms with Crippen molar-refractivity contribution in [3.63, 3.8) is 0 Å². The summed E-state index contributed by atoms with van der Waals surface area (Å²) in [6.07, 6.45) is 1.04. The summed E-state index contributed by atoms with van der Waals surface area (Å²) >= 11 is 0. The van der Waals surface area contributed by atoms with Crippen LogP contribution >= 0.6 is 0 Å². The second kappa shape index (κ2) is 6.34. The van der Waals surface area contributed by atoms with Crippen LogP contribution in [0.15, 0.2) is 42.5 Å². The average Bonchev–Trinajstić information content (AvgIpc) is 2.41. The summed E-state index contributed by atoms with van der Waals surface area (Å²) in [5.41, 5.74) is 2.61. The fourth-order valence-corrected chi connectivity index (χ4v) is 1.91. The average molecular weight is 270 g/mol. The summed E-state index contributed by atoms with van der Waals surface area (Å²) in [4.78, 5) is 0. The van der Waals surface area contributed by atoms with Gasteiger partial charge in [0.05, 0.1) is 0 Å². The molecule has 2 aromatic carbocycles. The van der Waals surface area contributed by atoms with E-state index in [1.54, 1.807) is 0 Å². The van der Waals surface area contributed by atoms with Crippen LogP contribution in [0.5, 0.6) is 0 Å². The van der Waals surface area contributed by atoms with Gasteiger partial charge in [-0.15, -0.1) is 0 Å². The zero-order valence-corrected chi connectivity index (χ0v) is 11.6. The molecule has 102 valence electrons. The summed E-state index contributed by atoms with van der Waals surface area (Å²) in [7, 11) is 0. The van der Waals surface area contributed by atoms with Crippen molar-refractivity contribution < 1.29 is 8.78 Å². The molecule has 0 bridgehead atoms. The van der Waals surface area contributed by atoms with Crippen LogP contribution in [-0.2, 0) is 6.42 Å². The van der Waals surface area contributed by atoms with E-state index >= 15 is 0 Å². The predicted molar refractivity (Wildman–Crippen MR) is 77.3 cm³/mol. The van der Waals surface area contributed by atoms with E-state index in [9.17, 15) is 8.78 Å². The lowest BCUT2D eigenvalue weighted by molar-refractivity contribution is 0.508. The Morgan fingerprint density at radius 1 is 0.850 bits per heavy atom. The van der Waals surface area contributed by atoms with E-state index in [0.717, 1.165) is 24.1 Å². The van der Waals surface area contributed by atoms with Gasteiger partial charge in [0.15, 0.2) is 11.6 Å². The van der Waals surface area contributed by atoms with Gasteiger partial charge in [-0.2, -0.15) is 0 Å². The molecule has 20 heavy (non-hydrogen) atoms. The SMILES string of the molecule is CC(C)Cc1ccc(C#Cc2ccc(F)c(F)c2)cc1. The first kappa shape index (κ1) is 14.3. The third-order valence-corrected chi connectivity index (χ3v) is 2.87. The maximum absolute atomic E-state index is 13.0. The van der Waals surface area contributed by atoms with E-state index < -0.39 is 11.6 Å². The topological polar surface area (TPSA) is 0 Å². The monoisotopic (exact) mass is 270 g/mol. The lowest BCUT2D eigenvalue weighted by Gasteiger charge is -2.04. The highest BCUT2D eigenvalue weighted by Crippen LogP contribution is 2.10. The lowest BCUT2D eigenvalue weighted by atomic mass is 10.0. The summed E-state index contributed by atoms with van der Waals surface area (Å²) in [6.45, 7) is 4.35. The molecule has 0 aromatic heterocycles. The third-order valence-electron chi connectivity index (χ3n) is 2.87. The second-order valence-electron chi connectivity index (χ2n) is 5.17. The van der Waals surface area contributed by atoms with Crippen LogP contribution in [0, 0.1) is 29.4 Å². The zero-order valence-electron chi connectivity index (χ0n) is 11.6. The molecule has 0 aliphatic carbocycles. The highest BCUT2D eigenvalue weighted by molar-refractivity contribution is 5.43. The molecule has 0 heterocycles. The van der Waals surface area contributed by atoms with Crippen LogP contribution in [-0.4, -0.2) is 0 Å². The Labute approximate surface area is 118 Å². The second-order valence-corrected chi connectivity index (χ2v) is 5.17. The van der Waals surface area contributed by atoms with Gasteiger partial charge in [0.2, 0.25) is 0 Å². The number of hydrogen-bond donors (Lipinski definition) is 0. The van der Waals surface area contributed by atoms with Crippen molar-refractivity contribution in [3.8, 4) is 11.8 Å². The Bertz CT molecular complexity index is 643. The number of benzene rings is 2. The lowest BCUT2D eigenvalue weighted by Crippen LogP contribution is -1.93. The van der Waals surface area contributed by atoms with E-state index in [-0.39, 0.29) is 0 Å². The normalized spacial score (nSPS) is 10.2. The number of halogens is 2. The van der Waals surface area contributed by atoms with Crippen molar-refractivity contribution in [2.45, 2.75) is 20.3 Å². The van der Waals surface area contributed by atoms with E-state index in [4.69, 9.17) is 0 Å². The Balaban J connectivity index is 2.14. The molecule has 2 heteroatoms. The van der Waals surface area contributed by atoms with Gasteiger partial charge in [0.1, 0.15) is 0 Å². The van der Waals surface area contributed by atoms with Gasteiger partial charge >= 0.3 is 0 Å². The summed E-state index contributed by atoms with van der Waals surface area (Å²) in [5, 5.41) is 0. The Morgan fingerprint density at radius 2 is 1.45 bits per heavy atom. The van der Waals surface area contributed by atoms with Crippen LogP contribution < -0.4 is 0 Å². The van der Waals surface area contributed by atoms with Crippen LogP contribution in [0.3, 0.4) is 0 Å². The molecule has 0 saturated carbocycles. The number of rotatable bonds is 2. The highest BCUT2D eigenvalue weighted by Gasteiger charge is 2.00. The highest BCUT2D eigenvalue weighted by atomic mass is 19.2. The van der Waals surface area contributed by atoms with Gasteiger partial charge < -0.3 is 0 Å². The minimum atomic E-state index is -0.871. The largest absolute Gasteiger partial charge is 0.204 e. The first-order valence-corrected chi connectivity index (χ1v) is 6.60. The van der Waals surface area contributed by atoms with E-state index in [2.05, 4.69) is 37.8 Å². The Kier molecular flexibility index (Phi) is 4.53. The first-order chi connectivity index (χ1) is 9.54.